The SMILES string of the molecule is [C-]#[N+]c1ccc2c(c1Cl)CCC1C2CC[C@@]2(C)C1CC[C@@]2(O)Cc1ccncc1F. The van der Waals surface area contributed by atoms with Crippen LogP contribution in [0.15, 0.2) is 30.6 Å². The molecule has 3 aliphatic rings. The van der Waals surface area contributed by atoms with Gasteiger partial charge < -0.3 is 5.11 Å². The second-order valence-electron chi connectivity index (χ2n) is 9.66. The summed E-state index contributed by atoms with van der Waals surface area (Å²) in [6, 6.07) is 5.67. The minimum Gasteiger partial charge on any atom is -0.389 e. The number of pyridine rings is 1. The van der Waals surface area contributed by atoms with Gasteiger partial charge in [-0.1, -0.05) is 30.7 Å². The summed E-state index contributed by atoms with van der Waals surface area (Å²) in [4.78, 5) is 7.41. The highest BCUT2D eigenvalue weighted by atomic mass is 35.5. The van der Waals surface area contributed by atoms with E-state index in [1.165, 1.54) is 11.8 Å². The number of halogens is 2. The number of aromatic nitrogens is 1. The van der Waals surface area contributed by atoms with Gasteiger partial charge in [-0.3, -0.25) is 4.98 Å². The van der Waals surface area contributed by atoms with Gasteiger partial charge in [0, 0.05) is 12.6 Å². The molecule has 2 aromatic rings. The molecule has 3 aliphatic carbocycles. The predicted molar refractivity (Wildman–Crippen MR) is 115 cm³/mol. The van der Waals surface area contributed by atoms with E-state index < -0.39 is 5.60 Å². The van der Waals surface area contributed by atoms with Crippen molar-refractivity contribution >= 4 is 17.3 Å². The molecule has 2 fully saturated rings. The maximum atomic E-state index is 14.3. The lowest BCUT2D eigenvalue weighted by atomic mass is 9.52. The maximum Gasteiger partial charge on any atom is 0.205 e. The minimum absolute atomic E-state index is 0.221. The van der Waals surface area contributed by atoms with E-state index in [0.29, 0.717) is 46.9 Å². The fraction of sp³-hybridized carbons (Fsp3) is 0.520. The lowest BCUT2D eigenvalue weighted by molar-refractivity contribution is -0.102. The first-order valence-corrected chi connectivity index (χ1v) is 11.3. The summed E-state index contributed by atoms with van der Waals surface area (Å²) in [5.41, 5.74) is 2.45. The van der Waals surface area contributed by atoms with Crippen molar-refractivity contribution in [2.45, 2.75) is 63.4 Å². The van der Waals surface area contributed by atoms with Gasteiger partial charge in [-0.05, 0) is 84.5 Å². The third-order valence-corrected chi connectivity index (χ3v) is 9.03. The molecule has 0 amide bonds. The second-order valence-corrected chi connectivity index (χ2v) is 10.0. The first-order valence-electron chi connectivity index (χ1n) is 10.9. The van der Waals surface area contributed by atoms with Crippen LogP contribution in [0.4, 0.5) is 10.1 Å². The Morgan fingerprint density at radius 1 is 1.27 bits per heavy atom. The average Bonchev–Trinajstić information content (AvgIpc) is 3.01. The Kier molecular flexibility index (Phi) is 4.69. The monoisotopic (exact) mass is 424 g/mol. The van der Waals surface area contributed by atoms with E-state index in [2.05, 4.69) is 22.8 Å². The third kappa shape index (κ3) is 2.75. The summed E-state index contributed by atoms with van der Waals surface area (Å²) in [6.45, 7) is 9.57. The molecule has 0 spiro atoms. The van der Waals surface area contributed by atoms with Gasteiger partial charge in [0.15, 0.2) is 0 Å². The molecule has 1 heterocycles. The summed E-state index contributed by atoms with van der Waals surface area (Å²) in [5, 5.41) is 12.4. The topological polar surface area (TPSA) is 37.5 Å². The Hall–Kier alpha value is -1.96. The van der Waals surface area contributed by atoms with Crippen molar-refractivity contribution in [1.29, 1.82) is 0 Å². The van der Waals surface area contributed by atoms with Crippen LogP contribution in [0.1, 0.15) is 61.6 Å². The molecule has 5 heteroatoms. The van der Waals surface area contributed by atoms with Crippen LogP contribution in [0.3, 0.4) is 0 Å². The molecule has 1 N–H and O–H groups in total. The number of fused-ring (bicyclic) bond motifs is 5. The molecular formula is C25H26ClFN2O. The van der Waals surface area contributed by atoms with E-state index in [1.54, 1.807) is 12.3 Å². The van der Waals surface area contributed by atoms with Crippen molar-refractivity contribution in [3.8, 4) is 0 Å². The number of hydrogen-bond acceptors (Lipinski definition) is 2. The molecule has 30 heavy (non-hydrogen) atoms. The molecule has 0 aliphatic heterocycles. The quantitative estimate of drug-likeness (QED) is 0.578. The normalized spacial score (nSPS) is 34.6. The molecule has 3 nitrogen and oxygen atoms in total. The molecular weight excluding hydrogens is 399 g/mol. The van der Waals surface area contributed by atoms with Crippen molar-refractivity contribution in [3.05, 3.63) is 69.5 Å². The Labute approximate surface area is 182 Å². The molecule has 0 radical (unpaired) electrons. The van der Waals surface area contributed by atoms with Gasteiger partial charge in [0.25, 0.3) is 0 Å². The van der Waals surface area contributed by atoms with Crippen LogP contribution in [0, 0.1) is 29.6 Å². The number of rotatable bonds is 2. The van der Waals surface area contributed by atoms with E-state index in [0.717, 1.165) is 37.7 Å². The second kappa shape index (κ2) is 7.04. The van der Waals surface area contributed by atoms with Crippen molar-refractivity contribution in [1.82, 2.24) is 4.98 Å². The van der Waals surface area contributed by atoms with Crippen molar-refractivity contribution in [2.75, 3.05) is 0 Å². The average molecular weight is 425 g/mol. The fourth-order valence-corrected chi connectivity index (χ4v) is 7.27. The van der Waals surface area contributed by atoms with Gasteiger partial charge in [0.2, 0.25) is 5.69 Å². The van der Waals surface area contributed by atoms with E-state index in [9.17, 15) is 9.50 Å². The summed E-state index contributed by atoms with van der Waals surface area (Å²) < 4.78 is 14.3. The molecule has 5 rings (SSSR count). The smallest absolute Gasteiger partial charge is 0.205 e. The highest BCUT2D eigenvalue weighted by Gasteiger charge is 2.61. The number of aliphatic hydroxyl groups is 1. The summed E-state index contributed by atoms with van der Waals surface area (Å²) in [6.07, 6.45) is 8.73. The lowest BCUT2D eigenvalue weighted by Crippen LogP contribution is -2.52. The highest BCUT2D eigenvalue weighted by Crippen LogP contribution is 2.65. The molecule has 2 saturated carbocycles. The maximum absolute atomic E-state index is 14.3. The lowest BCUT2D eigenvalue weighted by Gasteiger charge is -2.53. The van der Waals surface area contributed by atoms with Crippen molar-refractivity contribution < 1.29 is 9.50 Å². The summed E-state index contributed by atoms with van der Waals surface area (Å²) >= 11 is 6.55. The van der Waals surface area contributed by atoms with Gasteiger partial charge in [-0.2, -0.15) is 0 Å². The third-order valence-electron chi connectivity index (χ3n) is 8.60. The van der Waals surface area contributed by atoms with Gasteiger partial charge in [-0.25, -0.2) is 9.24 Å². The van der Waals surface area contributed by atoms with Gasteiger partial charge in [0.05, 0.1) is 23.4 Å². The van der Waals surface area contributed by atoms with Crippen LogP contribution in [-0.4, -0.2) is 15.7 Å². The standard InChI is InChI=1S/C25H26ClFN2O/c1-24-10-7-17-16-5-6-22(28-2)23(26)19(16)4-3-18(17)20(24)8-11-25(24,30)13-15-9-12-29-14-21(15)27/h5-6,9,12,14,17-18,20,30H,3-4,7-8,10-11,13H2,1H3/t17?,18?,20?,24-,25+/m0/s1. The summed E-state index contributed by atoms with van der Waals surface area (Å²) in [5.74, 6) is 1.02. The number of nitrogens with zero attached hydrogens (tertiary/aromatic N) is 2. The molecule has 1 aromatic carbocycles. The first-order chi connectivity index (χ1) is 14.4. The molecule has 156 valence electrons. The Morgan fingerprint density at radius 2 is 2.10 bits per heavy atom. The molecule has 3 unspecified atom stereocenters. The highest BCUT2D eigenvalue weighted by molar-refractivity contribution is 6.34. The fourth-order valence-electron chi connectivity index (χ4n) is 6.96. The largest absolute Gasteiger partial charge is 0.389 e. The summed E-state index contributed by atoms with van der Waals surface area (Å²) in [7, 11) is 0. The molecule has 5 atom stereocenters. The zero-order valence-corrected chi connectivity index (χ0v) is 17.9. The molecule has 0 saturated heterocycles. The van der Waals surface area contributed by atoms with Gasteiger partial charge in [-0.15, -0.1) is 0 Å². The van der Waals surface area contributed by atoms with Crippen LogP contribution in [-0.2, 0) is 12.8 Å². The Morgan fingerprint density at radius 3 is 2.87 bits per heavy atom. The van der Waals surface area contributed by atoms with Gasteiger partial charge in [0.1, 0.15) is 5.82 Å². The number of hydrogen-bond donors (Lipinski definition) is 1. The Bertz CT molecular complexity index is 1050. The minimum atomic E-state index is -0.892. The van der Waals surface area contributed by atoms with Crippen molar-refractivity contribution in [2.24, 2.45) is 17.3 Å². The van der Waals surface area contributed by atoms with E-state index in [4.69, 9.17) is 18.2 Å². The van der Waals surface area contributed by atoms with Crippen LogP contribution in [0.2, 0.25) is 5.02 Å². The van der Waals surface area contributed by atoms with E-state index in [1.807, 2.05) is 6.07 Å². The van der Waals surface area contributed by atoms with Crippen molar-refractivity contribution in [3.63, 3.8) is 0 Å². The zero-order chi connectivity index (χ0) is 21.1. The van der Waals surface area contributed by atoms with Crippen LogP contribution in [0.25, 0.3) is 4.85 Å². The molecule has 1 aromatic heterocycles. The molecule has 0 bridgehead atoms. The predicted octanol–water partition coefficient (Wildman–Crippen LogP) is 6.25. The van der Waals surface area contributed by atoms with E-state index in [-0.39, 0.29) is 11.2 Å². The van der Waals surface area contributed by atoms with Crippen LogP contribution < -0.4 is 0 Å². The zero-order valence-electron chi connectivity index (χ0n) is 17.2. The van der Waals surface area contributed by atoms with E-state index >= 15 is 0 Å². The first kappa shape index (κ1) is 20.0. The Balaban J connectivity index is 1.47. The van der Waals surface area contributed by atoms with Crippen LogP contribution >= 0.6 is 11.6 Å². The number of benzene rings is 1. The van der Waals surface area contributed by atoms with Gasteiger partial charge >= 0.3 is 0 Å². The van der Waals surface area contributed by atoms with Crippen LogP contribution in [0.5, 0.6) is 0 Å².